The number of carboxylic acids is 1. The van der Waals surface area contributed by atoms with E-state index in [4.69, 9.17) is 25.4 Å². The first-order valence-corrected chi connectivity index (χ1v) is 5.29. The number of rotatable bonds is 5. The van der Waals surface area contributed by atoms with Crippen LogP contribution in [0.3, 0.4) is 0 Å². The number of carbonyl (C=O) groups is 1. The molecule has 9 nitrogen and oxygen atoms in total. The number of carboxylic acid groups (broad SMARTS) is 1. The van der Waals surface area contributed by atoms with Crippen LogP contribution in [0.25, 0.3) is 0 Å². The number of ether oxygens (including phenoxy) is 2. The lowest BCUT2D eigenvalue weighted by atomic mass is 9.99. The lowest BCUT2D eigenvalue weighted by Gasteiger charge is -2.39. The van der Waals surface area contributed by atoms with Crippen molar-refractivity contribution in [3.8, 4) is 0 Å². The lowest BCUT2D eigenvalue weighted by molar-refractivity contribution is -0.301. The van der Waals surface area contributed by atoms with Gasteiger partial charge in [-0.3, -0.25) is 4.79 Å². The summed E-state index contributed by atoms with van der Waals surface area (Å²) in [4.78, 5) is 10.5. The van der Waals surface area contributed by atoms with Crippen LogP contribution in [-0.2, 0) is 14.3 Å². The fourth-order valence-electron chi connectivity index (χ4n) is 1.47. The minimum Gasteiger partial charge on any atom is -0.480 e. The lowest BCUT2D eigenvalue weighted by Crippen LogP contribution is -2.59. The van der Waals surface area contributed by atoms with Crippen LogP contribution in [0.5, 0.6) is 0 Å². The molecule has 7 N–H and O–H groups in total. The molecule has 1 aliphatic heterocycles. The molecule has 106 valence electrons. The fourth-order valence-corrected chi connectivity index (χ4v) is 1.47. The summed E-state index contributed by atoms with van der Waals surface area (Å²) < 4.78 is 9.89. The molecule has 1 aliphatic rings. The molecule has 0 bridgehead atoms. The summed E-state index contributed by atoms with van der Waals surface area (Å²) >= 11 is 0. The molecule has 0 spiro atoms. The van der Waals surface area contributed by atoms with Gasteiger partial charge < -0.3 is 40.7 Å². The van der Waals surface area contributed by atoms with Gasteiger partial charge in [0.1, 0.15) is 30.5 Å². The van der Waals surface area contributed by atoms with E-state index in [0.29, 0.717) is 0 Å². The Morgan fingerprint density at radius 2 is 1.89 bits per heavy atom. The molecule has 0 radical (unpaired) electrons. The molecule has 0 aromatic carbocycles. The van der Waals surface area contributed by atoms with E-state index < -0.39 is 55.9 Å². The van der Waals surface area contributed by atoms with E-state index in [9.17, 15) is 20.1 Å². The molecule has 0 amide bonds. The summed E-state index contributed by atoms with van der Waals surface area (Å²) in [5, 5.41) is 45.9. The molecule has 0 aromatic heterocycles. The Bertz CT molecular complexity index is 286. The minimum absolute atomic E-state index is 0.446. The highest BCUT2D eigenvalue weighted by Crippen LogP contribution is 2.21. The molecule has 18 heavy (non-hydrogen) atoms. The van der Waals surface area contributed by atoms with E-state index in [0.717, 1.165) is 0 Å². The van der Waals surface area contributed by atoms with Crippen LogP contribution in [0, 0.1) is 0 Å². The van der Waals surface area contributed by atoms with Crippen LogP contribution in [0.15, 0.2) is 0 Å². The van der Waals surface area contributed by atoms with Crippen LogP contribution < -0.4 is 5.73 Å². The van der Waals surface area contributed by atoms with E-state index >= 15 is 0 Å². The van der Waals surface area contributed by atoms with Gasteiger partial charge in [0.25, 0.3) is 0 Å². The summed E-state index contributed by atoms with van der Waals surface area (Å²) in [6, 6.07) is -1.31. The van der Waals surface area contributed by atoms with Crippen molar-refractivity contribution in [1.29, 1.82) is 0 Å². The first-order chi connectivity index (χ1) is 8.38. The Labute approximate surface area is 102 Å². The molecule has 1 fully saturated rings. The van der Waals surface area contributed by atoms with Crippen molar-refractivity contribution in [2.75, 3.05) is 13.2 Å². The van der Waals surface area contributed by atoms with Gasteiger partial charge in [0.2, 0.25) is 0 Å². The maximum Gasteiger partial charge on any atom is 0.322 e. The van der Waals surface area contributed by atoms with Gasteiger partial charge in [-0.05, 0) is 0 Å². The normalized spacial score (nSPS) is 38.4. The van der Waals surface area contributed by atoms with E-state index in [2.05, 4.69) is 0 Å². The maximum atomic E-state index is 10.5. The molecule has 0 aromatic rings. The van der Waals surface area contributed by atoms with Gasteiger partial charge in [-0.1, -0.05) is 0 Å². The number of aliphatic hydroxyl groups excluding tert-OH is 4. The number of hydrogen-bond acceptors (Lipinski definition) is 8. The molecular formula is C9H17NO8. The van der Waals surface area contributed by atoms with Crippen LogP contribution in [-0.4, -0.2) is 81.5 Å². The van der Waals surface area contributed by atoms with Crippen molar-refractivity contribution in [3.05, 3.63) is 0 Å². The highest BCUT2D eigenvalue weighted by atomic mass is 16.7. The minimum atomic E-state index is -1.57. The van der Waals surface area contributed by atoms with Gasteiger partial charge in [-0.15, -0.1) is 0 Å². The van der Waals surface area contributed by atoms with Gasteiger partial charge >= 0.3 is 5.97 Å². The van der Waals surface area contributed by atoms with Crippen molar-refractivity contribution in [1.82, 2.24) is 0 Å². The van der Waals surface area contributed by atoms with Gasteiger partial charge in [-0.2, -0.15) is 0 Å². The largest absolute Gasteiger partial charge is 0.480 e. The SMILES string of the molecule is NC(COC1O[C@H](CO)[C@@H](O)[C@H](O)[C@@H]1O)C(=O)O. The standard InChI is InChI=1S/C9H17NO8/c10-3(8(15)16)2-17-9-7(14)6(13)5(12)4(1-11)18-9/h3-7,9,11-14H,1-2,10H2,(H,15,16)/t3?,4-,5-,6+,7+,9?/m1/s1. The highest BCUT2D eigenvalue weighted by molar-refractivity contribution is 5.73. The smallest absolute Gasteiger partial charge is 0.322 e. The molecule has 0 aliphatic carbocycles. The maximum absolute atomic E-state index is 10.5. The summed E-state index contributed by atoms with van der Waals surface area (Å²) in [6.45, 7) is -1.03. The summed E-state index contributed by atoms with van der Waals surface area (Å²) in [5.41, 5.74) is 5.19. The van der Waals surface area contributed by atoms with Crippen LogP contribution >= 0.6 is 0 Å². The predicted molar refractivity (Wildman–Crippen MR) is 55.3 cm³/mol. The Kier molecular flexibility index (Phi) is 5.41. The predicted octanol–water partition coefficient (Wildman–Crippen LogP) is -3.79. The van der Waals surface area contributed by atoms with Crippen molar-refractivity contribution < 1.29 is 39.8 Å². The molecule has 0 saturated carbocycles. The van der Waals surface area contributed by atoms with Gasteiger partial charge in [0, 0.05) is 0 Å². The molecule has 1 heterocycles. The van der Waals surface area contributed by atoms with Crippen LogP contribution in [0.4, 0.5) is 0 Å². The molecular weight excluding hydrogens is 250 g/mol. The van der Waals surface area contributed by atoms with Gasteiger partial charge in [0.05, 0.1) is 13.2 Å². The van der Waals surface area contributed by atoms with E-state index in [-0.39, 0.29) is 0 Å². The summed E-state index contributed by atoms with van der Waals surface area (Å²) in [5.74, 6) is -1.29. The van der Waals surface area contributed by atoms with Crippen molar-refractivity contribution >= 4 is 5.97 Å². The molecule has 9 heteroatoms. The quantitative estimate of drug-likeness (QED) is 0.293. The Morgan fingerprint density at radius 1 is 1.28 bits per heavy atom. The van der Waals surface area contributed by atoms with Crippen molar-refractivity contribution in [2.24, 2.45) is 5.73 Å². The second kappa shape index (κ2) is 6.38. The number of hydrogen-bond donors (Lipinski definition) is 6. The second-order valence-corrected chi connectivity index (χ2v) is 3.98. The van der Waals surface area contributed by atoms with Crippen molar-refractivity contribution in [2.45, 2.75) is 36.7 Å². The van der Waals surface area contributed by atoms with E-state index in [1.165, 1.54) is 0 Å². The molecule has 6 atom stereocenters. The number of aliphatic hydroxyl groups is 4. The number of nitrogens with two attached hydrogens (primary N) is 1. The van der Waals surface area contributed by atoms with Crippen LogP contribution in [0.2, 0.25) is 0 Å². The zero-order valence-corrected chi connectivity index (χ0v) is 9.42. The highest BCUT2D eigenvalue weighted by Gasteiger charge is 2.44. The zero-order valence-electron chi connectivity index (χ0n) is 9.42. The third-order valence-electron chi connectivity index (χ3n) is 2.61. The monoisotopic (exact) mass is 267 g/mol. The average Bonchev–Trinajstić information content (AvgIpc) is 2.34. The Hall–Kier alpha value is -0.810. The topological polar surface area (TPSA) is 163 Å². The summed E-state index contributed by atoms with van der Waals surface area (Å²) in [6.07, 6.45) is -7.09. The molecule has 1 saturated heterocycles. The second-order valence-electron chi connectivity index (χ2n) is 3.98. The zero-order chi connectivity index (χ0) is 13.9. The first kappa shape index (κ1) is 15.2. The van der Waals surface area contributed by atoms with Gasteiger partial charge in [-0.25, -0.2) is 0 Å². The number of aliphatic carboxylic acids is 1. The molecule has 1 rings (SSSR count). The fraction of sp³-hybridized carbons (Fsp3) is 0.889. The Morgan fingerprint density at radius 3 is 2.39 bits per heavy atom. The van der Waals surface area contributed by atoms with Gasteiger partial charge in [0.15, 0.2) is 6.29 Å². The van der Waals surface area contributed by atoms with E-state index in [1.54, 1.807) is 0 Å². The average molecular weight is 267 g/mol. The van der Waals surface area contributed by atoms with Crippen molar-refractivity contribution in [3.63, 3.8) is 0 Å². The first-order valence-electron chi connectivity index (χ1n) is 5.29. The Balaban J connectivity index is 2.56. The summed E-state index contributed by atoms with van der Waals surface area (Å²) in [7, 11) is 0. The van der Waals surface area contributed by atoms with Crippen LogP contribution in [0.1, 0.15) is 0 Å². The third kappa shape index (κ3) is 3.36. The van der Waals surface area contributed by atoms with E-state index in [1.807, 2.05) is 0 Å². The third-order valence-corrected chi connectivity index (χ3v) is 2.61. The molecule has 2 unspecified atom stereocenters.